The fraction of sp³-hybridized carbons (Fsp3) is 0.355. The molecule has 2 unspecified atom stereocenters. The van der Waals surface area contributed by atoms with Crippen LogP contribution >= 0.6 is 11.8 Å². The Labute approximate surface area is 245 Å². The number of thioether (sulfide) groups is 1. The smallest absolute Gasteiger partial charge is 0.315 e. The topological polar surface area (TPSA) is 124 Å². The van der Waals surface area contributed by atoms with E-state index in [2.05, 4.69) is 20.9 Å². The monoisotopic (exact) mass is 575 g/mol. The van der Waals surface area contributed by atoms with Gasteiger partial charge in [-0.3, -0.25) is 14.6 Å². The van der Waals surface area contributed by atoms with Crippen LogP contribution < -0.4 is 16.0 Å². The van der Waals surface area contributed by atoms with Crippen LogP contribution in [0.2, 0.25) is 0 Å². The van der Waals surface area contributed by atoms with Crippen molar-refractivity contribution in [3.63, 3.8) is 0 Å². The Hall–Kier alpha value is -3.89. The molecule has 0 aliphatic carbocycles. The Bertz CT molecular complexity index is 1340. The van der Waals surface area contributed by atoms with Gasteiger partial charge in [0.15, 0.2) is 6.10 Å². The van der Waals surface area contributed by atoms with E-state index in [0.29, 0.717) is 13.1 Å². The molecule has 1 aliphatic heterocycles. The van der Waals surface area contributed by atoms with E-state index in [1.54, 1.807) is 12.4 Å². The van der Waals surface area contributed by atoms with E-state index >= 15 is 0 Å². The van der Waals surface area contributed by atoms with Crippen molar-refractivity contribution in [2.24, 2.45) is 0 Å². The first-order valence-electron chi connectivity index (χ1n) is 13.6. The first-order valence-corrected chi connectivity index (χ1v) is 14.6. The molecule has 0 bridgehead atoms. The average molecular weight is 576 g/mol. The number of urea groups is 1. The van der Waals surface area contributed by atoms with Gasteiger partial charge in [0.05, 0.1) is 11.9 Å². The predicted octanol–water partition coefficient (Wildman–Crippen LogP) is 3.16. The Morgan fingerprint density at radius 3 is 2.37 bits per heavy atom. The molecule has 4 N–H and O–H groups in total. The van der Waals surface area contributed by atoms with Gasteiger partial charge in [0.25, 0.3) is 5.91 Å². The molecule has 3 aromatic rings. The van der Waals surface area contributed by atoms with Gasteiger partial charge in [0, 0.05) is 30.2 Å². The van der Waals surface area contributed by atoms with Crippen molar-refractivity contribution < 1.29 is 19.5 Å². The Kier molecular flexibility index (Phi) is 10.0. The predicted molar refractivity (Wildman–Crippen MR) is 160 cm³/mol. The number of hydrogen-bond donors (Lipinski definition) is 4. The molecule has 10 heteroatoms. The van der Waals surface area contributed by atoms with Gasteiger partial charge in [-0.2, -0.15) is 0 Å². The lowest BCUT2D eigenvalue weighted by Crippen LogP contribution is -2.59. The third-order valence-electron chi connectivity index (χ3n) is 7.24. The number of nitrogens with one attached hydrogen (secondary N) is 3. The van der Waals surface area contributed by atoms with E-state index in [0.717, 1.165) is 22.3 Å². The van der Waals surface area contributed by atoms with Crippen LogP contribution in [0.15, 0.2) is 79.1 Å². The minimum absolute atomic E-state index is 0.231. The lowest BCUT2D eigenvalue weighted by Gasteiger charge is -2.33. The summed E-state index contributed by atoms with van der Waals surface area (Å²) >= 11 is 1.47. The van der Waals surface area contributed by atoms with Gasteiger partial charge in [-0.1, -0.05) is 54.6 Å². The van der Waals surface area contributed by atoms with Gasteiger partial charge in [-0.05, 0) is 61.6 Å². The number of pyridine rings is 1. The highest BCUT2D eigenvalue weighted by Gasteiger charge is 2.49. The summed E-state index contributed by atoms with van der Waals surface area (Å²) in [5.74, 6) is -0.665. The van der Waals surface area contributed by atoms with Gasteiger partial charge in [0.2, 0.25) is 5.91 Å². The molecule has 4 rings (SSSR count). The van der Waals surface area contributed by atoms with E-state index in [-0.39, 0.29) is 18.2 Å². The highest BCUT2D eigenvalue weighted by molar-refractivity contribution is 8.00. The largest absolute Gasteiger partial charge is 0.381 e. The summed E-state index contributed by atoms with van der Waals surface area (Å²) < 4.78 is -0.578. The molecule has 9 nitrogen and oxygen atoms in total. The van der Waals surface area contributed by atoms with Crippen LogP contribution in [0, 0.1) is 6.92 Å². The molecule has 0 spiro atoms. The highest BCUT2D eigenvalue weighted by Crippen LogP contribution is 2.39. The Morgan fingerprint density at radius 2 is 1.66 bits per heavy atom. The number of benzene rings is 2. The van der Waals surface area contributed by atoms with Gasteiger partial charge in [-0.15, -0.1) is 11.8 Å². The molecule has 0 radical (unpaired) electrons. The van der Waals surface area contributed by atoms with E-state index < -0.39 is 34.9 Å². The fourth-order valence-electron chi connectivity index (χ4n) is 4.85. The third kappa shape index (κ3) is 7.86. The van der Waals surface area contributed by atoms with Gasteiger partial charge in [0.1, 0.15) is 6.04 Å². The second-order valence-corrected chi connectivity index (χ2v) is 12.3. The van der Waals surface area contributed by atoms with E-state index in [1.807, 2.05) is 87.5 Å². The van der Waals surface area contributed by atoms with Crippen LogP contribution in [0.1, 0.15) is 36.1 Å². The van der Waals surface area contributed by atoms with Crippen LogP contribution in [0.3, 0.4) is 0 Å². The standard InChI is InChI=1S/C31H37N5O4S/c1-21-9-7-8-12-24(21)19-34-30(40)35-25(17-22-10-5-4-6-11-22)26(37)29(39)36-20-41-31(2,3)27(36)28(38)33-18-23-13-15-32-16-14-23/h4-16,25-27,37H,17-20H2,1-3H3,(H,33,38)(H2,34,35,40)/t25?,26?,27-/m1/s1. The summed E-state index contributed by atoms with van der Waals surface area (Å²) in [5.41, 5.74) is 3.76. The molecular formula is C31H37N5O4S. The quantitative estimate of drug-likeness (QED) is 0.295. The zero-order valence-electron chi connectivity index (χ0n) is 23.5. The van der Waals surface area contributed by atoms with Gasteiger partial charge >= 0.3 is 6.03 Å². The molecule has 1 aliphatic rings. The molecule has 0 saturated carbocycles. The Balaban J connectivity index is 1.48. The average Bonchev–Trinajstić information content (AvgIpc) is 3.30. The lowest BCUT2D eigenvalue weighted by molar-refractivity contribution is -0.147. The number of aryl methyl sites for hydroxylation is 1. The van der Waals surface area contributed by atoms with Crippen molar-refractivity contribution in [3.05, 3.63) is 101 Å². The van der Waals surface area contributed by atoms with E-state index in [4.69, 9.17) is 0 Å². The van der Waals surface area contributed by atoms with Crippen molar-refractivity contribution in [1.29, 1.82) is 0 Å². The van der Waals surface area contributed by atoms with Crippen molar-refractivity contribution >= 4 is 29.6 Å². The number of carbonyl (C=O) groups excluding carboxylic acids is 3. The zero-order valence-corrected chi connectivity index (χ0v) is 24.4. The van der Waals surface area contributed by atoms with Crippen LogP contribution in [-0.4, -0.2) is 61.6 Å². The summed E-state index contributed by atoms with van der Waals surface area (Å²) in [5, 5.41) is 19.9. The maximum Gasteiger partial charge on any atom is 0.315 e. The lowest BCUT2D eigenvalue weighted by atomic mass is 9.97. The minimum Gasteiger partial charge on any atom is -0.381 e. The number of hydrogen-bond acceptors (Lipinski definition) is 6. The third-order valence-corrected chi connectivity index (χ3v) is 8.62. The van der Waals surface area contributed by atoms with Crippen LogP contribution in [0.4, 0.5) is 4.79 Å². The summed E-state index contributed by atoms with van der Waals surface area (Å²) in [6, 6.07) is 18.5. The van der Waals surface area contributed by atoms with E-state index in [1.165, 1.54) is 16.7 Å². The fourth-order valence-corrected chi connectivity index (χ4v) is 5.99. The molecular weight excluding hydrogens is 538 g/mol. The van der Waals surface area contributed by atoms with E-state index in [9.17, 15) is 19.5 Å². The van der Waals surface area contributed by atoms with Gasteiger partial charge < -0.3 is 26.0 Å². The maximum atomic E-state index is 13.8. The number of rotatable bonds is 10. The summed E-state index contributed by atoms with van der Waals surface area (Å²) in [7, 11) is 0. The molecule has 3 atom stereocenters. The van der Waals surface area contributed by atoms with Crippen molar-refractivity contribution in [2.45, 2.75) is 63.2 Å². The molecule has 1 fully saturated rings. The van der Waals surface area contributed by atoms with Crippen LogP contribution in [0.5, 0.6) is 0 Å². The summed E-state index contributed by atoms with van der Waals surface area (Å²) in [6.07, 6.45) is 1.97. The number of carbonyl (C=O) groups is 3. The molecule has 2 heterocycles. The van der Waals surface area contributed by atoms with Crippen molar-refractivity contribution in [3.8, 4) is 0 Å². The summed E-state index contributed by atoms with van der Waals surface area (Å²) in [4.78, 5) is 45.5. The number of nitrogens with zero attached hydrogens (tertiary/aromatic N) is 2. The second kappa shape index (κ2) is 13.6. The van der Waals surface area contributed by atoms with Crippen molar-refractivity contribution in [2.75, 3.05) is 5.88 Å². The van der Waals surface area contributed by atoms with Crippen molar-refractivity contribution in [1.82, 2.24) is 25.8 Å². The molecule has 4 amide bonds. The maximum absolute atomic E-state index is 13.8. The first-order chi connectivity index (χ1) is 19.7. The Morgan fingerprint density at radius 1 is 0.976 bits per heavy atom. The number of amides is 4. The van der Waals surface area contributed by atoms with Gasteiger partial charge in [-0.25, -0.2) is 4.79 Å². The second-order valence-electron chi connectivity index (χ2n) is 10.7. The number of aromatic nitrogens is 1. The molecule has 216 valence electrons. The molecule has 1 aromatic heterocycles. The number of aliphatic hydroxyl groups excluding tert-OH is 1. The molecule has 41 heavy (non-hydrogen) atoms. The molecule has 1 saturated heterocycles. The molecule has 2 aromatic carbocycles. The normalized spacial score (nSPS) is 17.4. The SMILES string of the molecule is Cc1ccccc1CNC(=O)NC(Cc1ccccc1)C(O)C(=O)N1CSC(C)(C)[C@H]1C(=O)NCc1ccncc1. The van der Waals surface area contributed by atoms with Crippen LogP contribution in [0.25, 0.3) is 0 Å². The number of aliphatic hydroxyl groups is 1. The summed E-state index contributed by atoms with van der Waals surface area (Å²) in [6.45, 7) is 6.38. The first kappa shape index (κ1) is 30.1. The minimum atomic E-state index is -1.57. The zero-order chi connectivity index (χ0) is 29.4. The van der Waals surface area contributed by atoms with Crippen LogP contribution in [-0.2, 0) is 29.1 Å². The highest BCUT2D eigenvalue weighted by atomic mass is 32.2.